The summed E-state index contributed by atoms with van der Waals surface area (Å²) in [5.74, 6) is 0.508. The number of pyridine rings is 1. The van der Waals surface area contributed by atoms with Crippen LogP contribution in [0, 0.1) is 11.3 Å². The molecule has 25 heavy (non-hydrogen) atoms. The van der Waals surface area contributed by atoms with Gasteiger partial charge in [0.25, 0.3) is 0 Å². The number of fused-ring (bicyclic) bond motifs is 1. The van der Waals surface area contributed by atoms with E-state index in [1.807, 2.05) is 18.2 Å². The molecule has 0 spiro atoms. The summed E-state index contributed by atoms with van der Waals surface area (Å²) in [6, 6.07) is 12.5. The van der Waals surface area contributed by atoms with Crippen LogP contribution in [-0.4, -0.2) is 22.8 Å². The topological polar surface area (TPSA) is 76.9 Å². The van der Waals surface area contributed by atoms with Crippen LogP contribution in [0.4, 0.5) is 5.82 Å². The van der Waals surface area contributed by atoms with Gasteiger partial charge in [-0.15, -0.1) is 0 Å². The first-order chi connectivity index (χ1) is 12.2. The summed E-state index contributed by atoms with van der Waals surface area (Å²) in [7, 11) is 0. The molecule has 126 valence electrons. The van der Waals surface area contributed by atoms with Crippen LogP contribution in [0.25, 0.3) is 22.2 Å². The van der Waals surface area contributed by atoms with Crippen molar-refractivity contribution in [2.24, 2.45) is 0 Å². The average molecular weight is 332 g/mol. The standard InChI is InChI=1S/C20H20N4O/c1-2-24-11-17(14-5-3-4-6-19(14)24)18-9-15(13-7-8-25-12-13)16(10-21)20(22)23-18/h3-6,9,11,13H,2,7-8,12H2,1H3,(H2,22,23). The molecule has 1 aliphatic rings. The van der Waals surface area contributed by atoms with Crippen LogP contribution in [0.15, 0.2) is 36.5 Å². The SMILES string of the molecule is CCn1cc(-c2cc(C3CCOC3)c(C#N)c(N)n2)c2ccccc21. The van der Waals surface area contributed by atoms with Crippen LogP contribution in [0.2, 0.25) is 0 Å². The summed E-state index contributed by atoms with van der Waals surface area (Å²) in [4.78, 5) is 4.55. The van der Waals surface area contributed by atoms with E-state index < -0.39 is 0 Å². The van der Waals surface area contributed by atoms with Gasteiger partial charge in [0.2, 0.25) is 0 Å². The van der Waals surface area contributed by atoms with Crippen LogP contribution in [0.5, 0.6) is 0 Å². The lowest BCUT2D eigenvalue weighted by Gasteiger charge is -2.13. The third-order valence-electron chi connectivity index (χ3n) is 4.96. The van der Waals surface area contributed by atoms with Crippen molar-refractivity contribution in [1.29, 1.82) is 5.26 Å². The van der Waals surface area contributed by atoms with Crippen molar-refractivity contribution < 1.29 is 4.74 Å². The highest BCUT2D eigenvalue weighted by molar-refractivity contribution is 5.95. The molecule has 0 radical (unpaired) electrons. The molecule has 0 aliphatic carbocycles. The lowest BCUT2D eigenvalue weighted by atomic mass is 9.93. The molecule has 3 heterocycles. The molecule has 1 saturated heterocycles. The van der Waals surface area contributed by atoms with Crippen molar-refractivity contribution in [1.82, 2.24) is 9.55 Å². The van der Waals surface area contributed by atoms with Gasteiger partial charge in [-0.25, -0.2) is 4.98 Å². The van der Waals surface area contributed by atoms with Gasteiger partial charge in [-0.1, -0.05) is 18.2 Å². The van der Waals surface area contributed by atoms with E-state index in [1.165, 1.54) is 5.52 Å². The Morgan fingerprint density at radius 3 is 2.96 bits per heavy atom. The van der Waals surface area contributed by atoms with Crippen molar-refractivity contribution in [3.63, 3.8) is 0 Å². The Balaban J connectivity index is 1.93. The number of aryl methyl sites for hydroxylation is 1. The smallest absolute Gasteiger partial charge is 0.142 e. The van der Waals surface area contributed by atoms with Crippen LogP contribution < -0.4 is 5.73 Å². The number of anilines is 1. The Morgan fingerprint density at radius 1 is 1.40 bits per heavy atom. The number of ether oxygens (including phenoxy) is 1. The molecule has 1 atom stereocenters. The summed E-state index contributed by atoms with van der Waals surface area (Å²) >= 11 is 0. The van der Waals surface area contributed by atoms with Crippen molar-refractivity contribution in [2.75, 3.05) is 18.9 Å². The Labute approximate surface area is 146 Å². The number of rotatable bonds is 3. The second-order valence-electron chi connectivity index (χ2n) is 6.38. The number of hydrogen-bond donors (Lipinski definition) is 1. The van der Waals surface area contributed by atoms with E-state index in [0.717, 1.165) is 41.8 Å². The van der Waals surface area contributed by atoms with Gasteiger partial charge in [0, 0.05) is 41.7 Å². The highest BCUT2D eigenvalue weighted by Crippen LogP contribution is 2.36. The molecule has 1 aliphatic heterocycles. The molecule has 5 heteroatoms. The normalized spacial score (nSPS) is 17.0. The van der Waals surface area contributed by atoms with E-state index in [9.17, 15) is 5.26 Å². The second kappa shape index (κ2) is 6.23. The minimum Gasteiger partial charge on any atom is -0.383 e. The molecule has 4 rings (SSSR count). The number of hydrogen-bond acceptors (Lipinski definition) is 4. The molecule has 3 aromatic rings. The van der Waals surface area contributed by atoms with Crippen LogP contribution in [-0.2, 0) is 11.3 Å². The van der Waals surface area contributed by atoms with E-state index in [1.54, 1.807) is 0 Å². The number of aromatic nitrogens is 2. The van der Waals surface area contributed by atoms with Gasteiger partial charge in [0.1, 0.15) is 11.9 Å². The van der Waals surface area contributed by atoms with Gasteiger partial charge in [0.05, 0.1) is 17.9 Å². The molecule has 2 aromatic heterocycles. The van der Waals surface area contributed by atoms with Gasteiger partial charge in [0.15, 0.2) is 0 Å². The van der Waals surface area contributed by atoms with Gasteiger partial charge < -0.3 is 15.0 Å². The Morgan fingerprint density at radius 2 is 2.24 bits per heavy atom. The second-order valence-corrected chi connectivity index (χ2v) is 6.38. The zero-order valence-electron chi connectivity index (χ0n) is 14.2. The van der Waals surface area contributed by atoms with Gasteiger partial charge in [-0.3, -0.25) is 0 Å². The molecular formula is C20H20N4O. The van der Waals surface area contributed by atoms with Gasteiger partial charge in [-0.05, 0) is 31.0 Å². The fourth-order valence-electron chi connectivity index (χ4n) is 3.66. The predicted molar refractivity (Wildman–Crippen MR) is 98.1 cm³/mol. The van der Waals surface area contributed by atoms with E-state index >= 15 is 0 Å². The van der Waals surface area contributed by atoms with Crippen LogP contribution in [0.3, 0.4) is 0 Å². The number of benzene rings is 1. The van der Waals surface area contributed by atoms with Crippen molar-refractivity contribution in [2.45, 2.75) is 25.8 Å². The van der Waals surface area contributed by atoms with Gasteiger partial charge >= 0.3 is 0 Å². The van der Waals surface area contributed by atoms with E-state index in [-0.39, 0.29) is 5.92 Å². The number of nitrogens with two attached hydrogens (primary N) is 1. The lowest BCUT2D eigenvalue weighted by molar-refractivity contribution is 0.194. The van der Waals surface area contributed by atoms with Crippen molar-refractivity contribution in [3.05, 3.63) is 47.7 Å². The number of nitriles is 1. The van der Waals surface area contributed by atoms with E-state index in [4.69, 9.17) is 10.5 Å². The Bertz CT molecular complexity index is 977. The highest BCUT2D eigenvalue weighted by Gasteiger charge is 2.24. The highest BCUT2D eigenvalue weighted by atomic mass is 16.5. The quantitative estimate of drug-likeness (QED) is 0.793. The number of nitrogens with zero attached hydrogens (tertiary/aromatic N) is 3. The zero-order chi connectivity index (χ0) is 17.4. The molecular weight excluding hydrogens is 312 g/mol. The first-order valence-corrected chi connectivity index (χ1v) is 8.59. The summed E-state index contributed by atoms with van der Waals surface area (Å²) < 4.78 is 7.72. The van der Waals surface area contributed by atoms with Crippen molar-refractivity contribution in [3.8, 4) is 17.3 Å². The Hall–Kier alpha value is -2.84. The van der Waals surface area contributed by atoms with Crippen LogP contribution >= 0.6 is 0 Å². The monoisotopic (exact) mass is 332 g/mol. The third-order valence-corrected chi connectivity index (χ3v) is 4.96. The Kier molecular flexibility index (Phi) is 3.90. The molecule has 0 amide bonds. The summed E-state index contributed by atoms with van der Waals surface area (Å²) in [5.41, 5.74) is 10.6. The third kappa shape index (κ3) is 2.55. The van der Waals surface area contributed by atoms with Gasteiger partial charge in [-0.2, -0.15) is 5.26 Å². The maximum Gasteiger partial charge on any atom is 0.142 e. The maximum atomic E-state index is 9.52. The first kappa shape index (κ1) is 15.7. The van der Waals surface area contributed by atoms with Crippen LogP contribution in [0.1, 0.15) is 30.4 Å². The van der Waals surface area contributed by atoms with E-state index in [0.29, 0.717) is 18.0 Å². The number of para-hydroxylation sites is 1. The largest absolute Gasteiger partial charge is 0.383 e. The maximum absolute atomic E-state index is 9.52. The lowest BCUT2D eigenvalue weighted by Crippen LogP contribution is -2.06. The van der Waals surface area contributed by atoms with E-state index in [2.05, 4.69) is 40.9 Å². The zero-order valence-corrected chi connectivity index (χ0v) is 14.2. The summed E-state index contributed by atoms with van der Waals surface area (Å²) in [5, 5.41) is 10.7. The summed E-state index contributed by atoms with van der Waals surface area (Å²) in [6.45, 7) is 4.37. The summed E-state index contributed by atoms with van der Waals surface area (Å²) in [6.07, 6.45) is 3.03. The molecule has 0 saturated carbocycles. The molecule has 0 bridgehead atoms. The molecule has 1 fully saturated rings. The molecule has 1 aromatic carbocycles. The molecule has 1 unspecified atom stereocenters. The fourth-order valence-corrected chi connectivity index (χ4v) is 3.66. The number of nitrogen functional groups attached to an aromatic ring is 1. The minimum absolute atomic E-state index is 0.207. The predicted octanol–water partition coefficient (Wildman–Crippen LogP) is 3.68. The fraction of sp³-hybridized carbons (Fsp3) is 0.300. The molecule has 2 N–H and O–H groups in total. The van der Waals surface area contributed by atoms with Crippen molar-refractivity contribution >= 4 is 16.7 Å². The first-order valence-electron chi connectivity index (χ1n) is 8.59. The minimum atomic E-state index is 0.207. The average Bonchev–Trinajstić information content (AvgIpc) is 3.29. The molecule has 5 nitrogen and oxygen atoms in total.